The fourth-order valence-corrected chi connectivity index (χ4v) is 1.56. The van der Waals surface area contributed by atoms with E-state index < -0.39 is 18.3 Å². The molecule has 0 aliphatic rings. The molecule has 0 aromatic rings. The third-order valence-electron chi connectivity index (χ3n) is 2.37. The van der Waals surface area contributed by atoms with E-state index in [0.717, 1.165) is 0 Å². The highest BCUT2D eigenvalue weighted by molar-refractivity contribution is 4.85. The van der Waals surface area contributed by atoms with Gasteiger partial charge in [0.2, 0.25) is 0 Å². The lowest BCUT2D eigenvalue weighted by Gasteiger charge is -2.33. The van der Waals surface area contributed by atoms with Gasteiger partial charge in [-0.3, -0.25) is 0 Å². The summed E-state index contributed by atoms with van der Waals surface area (Å²) >= 11 is 0. The van der Waals surface area contributed by atoms with Crippen molar-refractivity contribution in [1.29, 1.82) is 0 Å². The van der Waals surface area contributed by atoms with Crippen LogP contribution < -0.4 is 0 Å². The zero-order chi connectivity index (χ0) is 15.3. The van der Waals surface area contributed by atoms with Gasteiger partial charge in [-0.1, -0.05) is 6.08 Å². The summed E-state index contributed by atoms with van der Waals surface area (Å²) < 4.78 is 11.2. The molecule has 0 unspecified atom stereocenters. The molecule has 4 heteroatoms. The van der Waals surface area contributed by atoms with Crippen molar-refractivity contribution in [1.82, 2.24) is 0 Å². The molecular formula is C15H30O4. The van der Waals surface area contributed by atoms with Gasteiger partial charge in [-0.15, -0.1) is 6.58 Å². The Morgan fingerprint density at radius 3 is 1.95 bits per heavy atom. The molecule has 0 saturated heterocycles. The molecule has 3 atom stereocenters. The minimum absolute atomic E-state index is 0.0752. The van der Waals surface area contributed by atoms with Crippen molar-refractivity contribution in [2.45, 2.75) is 77.5 Å². The summed E-state index contributed by atoms with van der Waals surface area (Å²) in [5, 5.41) is 20.2. The van der Waals surface area contributed by atoms with Crippen LogP contribution in [-0.4, -0.2) is 46.3 Å². The van der Waals surface area contributed by atoms with Gasteiger partial charge in [0.05, 0.1) is 23.9 Å². The van der Waals surface area contributed by atoms with Crippen LogP contribution in [0.4, 0.5) is 0 Å². The summed E-state index contributed by atoms with van der Waals surface area (Å²) in [5.74, 6) is 0. The lowest BCUT2D eigenvalue weighted by molar-refractivity contribution is -0.157. The molecule has 0 aromatic carbocycles. The van der Waals surface area contributed by atoms with Gasteiger partial charge >= 0.3 is 0 Å². The summed E-state index contributed by atoms with van der Waals surface area (Å²) in [6.07, 6.45) is -0.315. The van der Waals surface area contributed by atoms with Gasteiger partial charge in [-0.25, -0.2) is 0 Å². The molecular weight excluding hydrogens is 244 g/mol. The first kappa shape index (κ1) is 18.6. The highest BCUT2D eigenvalue weighted by Gasteiger charge is 2.30. The van der Waals surface area contributed by atoms with E-state index in [2.05, 4.69) is 6.58 Å². The fourth-order valence-electron chi connectivity index (χ4n) is 1.56. The van der Waals surface area contributed by atoms with Gasteiger partial charge in [0.15, 0.2) is 0 Å². The minimum atomic E-state index is -1.00. The zero-order valence-electron chi connectivity index (χ0n) is 13.1. The second-order valence-corrected chi connectivity index (χ2v) is 6.77. The second kappa shape index (κ2) is 7.39. The summed E-state index contributed by atoms with van der Waals surface area (Å²) in [4.78, 5) is 0. The van der Waals surface area contributed by atoms with Crippen LogP contribution in [0.5, 0.6) is 0 Å². The maximum Gasteiger partial charge on any atom is 0.109 e. The van der Waals surface area contributed by atoms with Gasteiger partial charge in [0.1, 0.15) is 12.2 Å². The van der Waals surface area contributed by atoms with E-state index in [9.17, 15) is 10.2 Å². The van der Waals surface area contributed by atoms with Crippen molar-refractivity contribution in [2.75, 3.05) is 6.61 Å². The van der Waals surface area contributed by atoms with Gasteiger partial charge in [0.25, 0.3) is 0 Å². The van der Waals surface area contributed by atoms with E-state index >= 15 is 0 Å². The minimum Gasteiger partial charge on any atom is -0.388 e. The zero-order valence-corrected chi connectivity index (χ0v) is 13.1. The van der Waals surface area contributed by atoms with E-state index in [-0.39, 0.29) is 17.8 Å². The molecule has 0 fully saturated rings. The summed E-state index contributed by atoms with van der Waals surface area (Å²) in [7, 11) is 0. The highest BCUT2D eigenvalue weighted by atomic mass is 16.5. The molecule has 19 heavy (non-hydrogen) atoms. The molecule has 0 saturated carbocycles. The number of hydrogen-bond donors (Lipinski definition) is 2. The molecule has 0 spiro atoms. The van der Waals surface area contributed by atoms with Crippen LogP contribution in [0.1, 0.15) is 48.0 Å². The Hall–Kier alpha value is -0.420. The van der Waals surface area contributed by atoms with Crippen LogP contribution in [-0.2, 0) is 9.47 Å². The monoisotopic (exact) mass is 274 g/mol. The van der Waals surface area contributed by atoms with Crippen LogP contribution >= 0.6 is 0 Å². The van der Waals surface area contributed by atoms with Crippen molar-refractivity contribution in [3.63, 3.8) is 0 Å². The van der Waals surface area contributed by atoms with Gasteiger partial charge in [-0.2, -0.15) is 0 Å². The normalized spacial score (nSPS) is 17.9. The van der Waals surface area contributed by atoms with E-state index in [0.29, 0.717) is 6.42 Å². The first-order valence-electron chi connectivity index (χ1n) is 6.75. The molecule has 0 radical (unpaired) electrons. The van der Waals surface area contributed by atoms with Crippen LogP contribution in [0, 0.1) is 0 Å². The first-order chi connectivity index (χ1) is 8.46. The Morgan fingerprint density at radius 1 is 1.05 bits per heavy atom. The SMILES string of the molecule is C=CC[C@@H](OC(C)(C)C)[C@@H](O)[C@H](O)COC(C)(C)C. The highest BCUT2D eigenvalue weighted by Crippen LogP contribution is 2.19. The molecule has 0 rings (SSSR count). The molecule has 0 aliphatic carbocycles. The predicted octanol–water partition coefficient (Wildman–Crippen LogP) is 2.28. The standard InChI is InChI=1S/C15H30O4/c1-8-9-12(19-15(5,6)7)13(17)11(16)10-18-14(2,3)4/h8,11-13,16-17H,1,9-10H2,2-7H3/t11-,12-,13+/m1/s1. The molecule has 0 bridgehead atoms. The van der Waals surface area contributed by atoms with Gasteiger partial charge in [0, 0.05) is 0 Å². The van der Waals surface area contributed by atoms with Gasteiger partial charge < -0.3 is 19.7 Å². The van der Waals surface area contributed by atoms with Crippen LogP contribution in [0.25, 0.3) is 0 Å². The summed E-state index contributed by atoms with van der Waals surface area (Å²) in [5.41, 5.74) is -0.737. The predicted molar refractivity (Wildman–Crippen MR) is 77.2 cm³/mol. The fraction of sp³-hybridized carbons (Fsp3) is 0.867. The molecule has 4 nitrogen and oxygen atoms in total. The number of rotatable bonds is 7. The molecule has 0 aromatic heterocycles. The Kier molecular flexibility index (Phi) is 7.22. The van der Waals surface area contributed by atoms with E-state index in [1.165, 1.54) is 0 Å². The molecule has 114 valence electrons. The Morgan fingerprint density at radius 2 is 1.58 bits per heavy atom. The van der Waals surface area contributed by atoms with E-state index in [4.69, 9.17) is 9.47 Å². The van der Waals surface area contributed by atoms with Crippen molar-refractivity contribution in [2.24, 2.45) is 0 Å². The third-order valence-corrected chi connectivity index (χ3v) is 2.37. The van der Waals surface area contributed by atoms with Crippen molar-refractivity contribution in [3.8, 4) is 0 Å². The molecule has 0 amide bonds. The van der Waals surface area contributed by atoms with Crippen molar-refractivity contribution in [3.05, 3.63) is 12.7 Å². The number of ether oxygens (including phenoxy) is 2. The number of aliphatic hydroxyl groups is 2. The van der Waals surface area contributed by atoms with Crippen LogP contribution in [0.15, 0.2) is 12.7 Å². The van der Waals surface area contributed by atoms with Crippen LogP contribution in [0.2, 0.25) is 0 Å². The Bertz CT molecular complexity index is 262. The largest absolute Gasteiger partial charge is 0.388 e. The lowest BCUT2D eigenvalue weighted by atomic mass is 10.0. The topological polar surface area (TPSA) is 58.9 Å². The lowest BCUT2D eigenvalue weighted by Crippen LogP contribution is -2.45. The Balaban J connectivity index is 4.52. The summed E-state index contributed by atoms with van der Waals surface area (Å²) in [6.45, 7) is 15.2. The molecule has 0 aliphatic heterocycles. The second-order valence-electron chi connectivity index (χ2n) is 6.77. The summed E-state index contributed by atoms with van der Waals surface area (Å²) in [6, 6.07) is 0. The van der Waals surface area contributed by atoms with E-state index in [1.54, 1.807) is 6.08 Å². The van der Waals surface area contributed by atoms with Gasteiger partial charge in [-0.05, 0) is 48.0 Å². The average Bonchev–Trinajstić information content (AvgIpc) is 2.21. The smallest absolute Gasteiger partial charge is 0.109 e. The molecule has 2 N–H and O–H groups in total. The third kappa shape index (κ3) is 9.16. The van der Waals surface area contributed by atoms with Crippen LogP contribution in [0.3, 0.4) is 0 Å². The average molecular weight is 274 g/mol. The Labute approximate surface area is 117 Å². The molecule has 0 heterocycles. The quantitative estimate of drug-likeness (QED) is 0.699. The number of hydrogen-bond acceptors (Lipinski definition) is 4. The van der Waals surface area contributed by atoms with E-state index in [1.807, 2.05) is 41.5 Å². The van der Waals surface area contributed by atoms with Crippen molar-refractivity contribution >= 4 is 0 Å². The maximum absolute atomic E-state index is 10.2. The van der Waals surface area contributed by atoms with Crippen molar-refractivity contribution < 1.29 is 19.7 Å². The first-order valence-corrected chi connectivity index (χ1v) is 6.75. The maximum atomic E-state index is 10.2. The number of aliphatic hydroxyl groups excluding tert-OH is 2.